The molecule has 0 saturated heterocycles. The van der Waals surface area contributed by atoms with Gasteiger partial charge in [-0.05, 0) is 53.4 Å². The van der Waals surface area contributed by atoms with Crippen LogP contribution in [0.2, 0.25) is 0 Å². The van der Waals surface area contributed by atoms with Crippen molar-refractivity contribution >= 4 is 38.4 Å². The van der Waals surface area contributed by atoms with Crippen molar-refractivity contribution in [3.63, 3.8) is 0 Å². The molecule has 0 unspecified atom stereocenters. The van der Waals surface area contributed by atoms with Crippen LogP contribution in [0, 0.1) is 6.92 Å². The van der Waals surface area contributed by atoms with Gasteiger partial charge in [-0.2, -0.15) is 0 Å². The molecular weight excluding hydrogens is 364 g/mol. The summed E-state index contributed by atoms with van der Waals surface area (Å²) in [5, 5.41) is 0. The number of nitrogens with two attached hydrogens (primary N) is 1. The van der Waals surface area contributed by atoms with Crippen LogP contribution in [0.1, 0.15) is 31.2 Å². The third-order valence-corrected chi connectivity index (χ3v) is 6.25. The Morgan fingerprint density at radius 1 is 1.35 bits per heavy atom. The lowest BCUT2D eigenvalue weighted by atomic mass is 10.0. The Bertz CT molecular complexity index is 572. The lowest BCUT2D eigenvalue weighted by Gasteiger charge is -2.28. The van der Waals surface area contributed by atoms with Crippen molar-refractivity contribution in [2.45, 2.75) is 43.0 Å². The highest BCUT2D eigenvalue weighted by Crippen LogP contribution is 2.32. The van der Waals surface area contributed by atoms with E-state index >= 15 is 0 Å². The van der Waals surface area contributed by atoms with E-state index in [9.17, 15) is 8.42 Å². The van der Waals surface area contributed by atoms with Gasteiger partial charge in [-0.1, -0.05) is 18.9 Å². The molecule has 0 atom stereocenters. The Balaban J connectivity index is 0.00000200. The van der Waals surface area contributed by atoms with Crippen LogP contribution in [0.3, 0.4) is 0 Å². The normalized spacial score (nSPS) is 17.8. The van der Waals surface area contributed by atoms with Gasteiger partial charge < -0.3 is 5.73 Å². The average molecular weight is 384 g/mol. The topological polar surface area (TPSA) is 72.2 Å². The van der Waals surface area contributed by atoms with E-state index in [4.69, 9.17) is 5.73 Å². The zero-order valence-corrected chi connectivity index (χ0v) is 14.6. The fraction of sp³-hybridized carbons (Fsp3) is 0.538. The molecule has 1 fully saturated rings. The van der Waals surface area contributed by atoms with Crippen LogP contribution >= 0.6 is 28.3 Å². The molecule has 1 aromatic rings. The fourth-order valence-electron chi connectivity index (χ4n) is 2.56. The summed E-state index contributed by atoms with van der Waals surface area (Å²) in [6.45, 7) is 2.22. The first-order valence-electron chi connectivity index (χ1n) is 6.39. The predicted octanol–water partition coefficient (Wildman–Crippen LogP) is 2.73. The molecule has 2 rings (SSSR count). The Morgan fingerprint density at radius 2 is 1.95 bits per heavy atom. The van der Waals surface area contributed by atoms with Gasteiger partial charge in [-0.25, -0.2) is 13.1 Å². The number of sulfonamides is 1. The molecule has 0 radical (unpaired) electrons. The maximum absolute atomic E-state index is 12.5. The van der Waals surface area contributed by atoms with E-state index in [1.165, 1.54) is 0 Å². The minimum absolute atomic E-state index is 0. The number of hydrogen-bond donors (Lipinski definition) is 2. The van der Waals surface area contributed by atoms with Crippen LogP contribution in [-0.2, 0) is 10.0 Å². The van der Waals surface area contributed by atoms with Gasteiger partial charge in [0.2, 0.25) is 10.0 Å². The summed E-state index contributed by atoms with van der Waals surface area (Å²) in [7, 11) is -3.54. The van der Waals surface area contributed by atoms with Gasteiger partial charge >= 0.3 is 0 Å². The molecule has 1 aliphatic carbocycles. The second-order valence-corrected chi connectivity index (χ2v) is 7.74. The monoisotopic (exact) mass is 382 g/mol. The van der Waals surface area contributed by atoms with Gasteiger partial charge in [-0.15, -0.1) is 12.4 Å². The molecule has 0 amide bonds. The van der Waals surface area contributed by atoms with Gasteiger partial charge in [0.1, 0.15) is 0 Å². The van der Waals surface area contributed by atoms with E-state index in [-0.39, 0.29) is 17.3 Å². The number of nitrogens with one attached hydrogen (secondary N) is 1. The Labute approximate surface area is 135 Å². The maximum atomic E-state index is 12.5. The summed E-state index contributed by atoms with van der Waals surface area (Å²) in [6.07, 6.45) is 3.67. The smallest absolute Gasteiger partial charge is 0.242 e. The van der Waals surface area contributed by atoms with Crippen LogP contribution < -0.4 is 10.5 Å². The zero-order chi connectivity index (χ0) is 14.1. The van der Waals surface area contributed by atoms with E-state index in [1.807, 2.05) is 13.0 Å². The minimum Gasteiger partial charge on any atom is -0.329 e. The molecule has 1 aromatic carbocycles. The molecule has 0 aromatic heterocycles. The summed E-state index contributed by atoms with van der Waals surface area (Å²) in [5.41, 5.74) is 6.23. The van der Waals surface area contributed by atoms with Gasteiger partial charge in [0.15, 0.2) is 0 Å². The quantitative estimate of drug-likeness (QED) is 0.839. The number of aryl methyl sites for hydroxylation is 1. The fourth-order valence-corrected chi connectivity index (χ4v) is 5.08. The second kappa shape index (κ2) is 6.75. The van der Waals surface area contributed by atoms with Crippen LogP contribution in [0.15, 0.2) is 27.6 Å². The first kappa shape index (κ1) is 17.9. The second-order valence-electron chi connectivity index (χ2n) is 5.23. The highest BCUT2D eigenvalue weighted by Gasteiger charge is 2.37. The van der Waals surface area contributed by atoms with Crippen molar-refractivity contribution in [1.82, 2.24) is 4.72 Å². The number of benzene rings is 1. The molecule has 7 heteroatoms. The molecule has 20 heavy (non-hydrogen) atoms. The number of hydrogen-bond acceptors (Lipinski definition) is 3. The molecule has 114 valence electrons. The van der Waals surface area contributed by atoms with Crippen LogP contribution in [0.5, 0.6) is 0 Å². The molecular formula is C13H20BrClN2O2S. The lowest BCUT2D eigenvalue weighted by Crippen LogP contribution is -2.51. The van der Waals surface area contributed by atoms with Crippen LogP contribution in [0.4, 0.5) is 0 Å². The van der Waals surface area contributed by atoms with Crippen molar-refractivity contribution in [2.75, 3.05) is 6.54 Å². The molecule has 4 nitrogen and oxygen atoms in total. The Hall–Kier alpha value is -0.140. The minimum atomic E-state index is -3.54. The third kappa shape index (κ3) is 3.74. The van der Waals surface area contributed by atoms with Crippen molar-refractivity contribution < 1.29 is 8.42 Å². The van der Waals surface area contributed by atoms with Crippen molar-refractivity contribution in [3.8, 4) is 0 Å². The molecule has 3 N–H and O–H groups in total. The predicted molar refractivity (Wildman–Crippen MR) is 86.7 cm³/mol. The molecule has 1 saturated carbocycles. The van der Waals surface area contributed by atoms with E-state index in [0.29, 0.717) is 11.0 Å². The maximum Gasteiger partial charge on any atom is 0.242 e. The highest BCUT2D eigenvalue weighted by atomic mass is 79.9. The third-order valence-electron chi connectivity index (χ3n) is 3.68. The Morgan fingerprint density at radius 3 is 2.50 bits per heavy atom. The van der Waals surface area contributed by atoms with Crippen molar-refractivity contribution in [1.29, 1.82) is 0 Å². The zero-order valence-electron chi connectivity index (χ0n) is 11.4. The summed E-state index contributed by atoms with van der Waals surface area (Å²) in [4.78, 5) is 0.284. The molecule has 0 bridgehead atoms. The standard InChI is InChI=1S/C13H19BrN2O2S.ClH/c1-10-4-5-11(14)12(8-10)19(17,18)16-13(9-15)6-2-3-7-13;/h4-5,8,16H,2-3,6-7,9,15H2,1H3;1H. The largest absolute Gasteiger partial charge is 0.329 e. The van der Waals surface area contributed by atoms with Crippen LogP contribution in [-0.4, -0.2) is 20.5 Å². The first-order chi connectivity index (χ1) is 8.88. The van der Waals surface area contributed by atoms with Gasteiger partial charge in [-0.3, -0.25) is 0 Å². The van der Waals surface area contributed by atoms with Crippen LogP contribution in [0.25, 0.3) is 0 Å². The summed E-state index contributed by atoms with van der Waals surface area (Å²) >= 11 is 3.30. The van der Waals surface area contributed by atoms with E-state index < -0.39 is 15.6 Å². The molecule has 0 spiro atoms. The van der Waals surface area contributed by atoms with E-state index in [0.717, 1.165) is 31.2 Å². The number of halogens is 2. The van der Waals surface area contributed by atoms with Crippen molar-refractivity contribution in [3.05, 3.63) is 28.2 Å². The van der Waals surface area contributed by atoms with Crippen molar-refractivity contribution in [2.24, 2.45) is 5.73 Å². The van der Waals surface area contributed by atoms with E-state index in [2.05, 4.69) is 20.7 Å². The molecule has 1 aliphatic rings. The average Bonchev–Trinajstić information content (AvgIpc) is 2.80. The SMILES string of the molecule is Cc1ccc(Br)c(S(=O)(=O)NC2(CN)CCCC2)c1.Cl. The van der Waals surface area contributed by atoms with Gasteiger partial charge in [0.05, 0.1) is 4.90 Å². The van der Waals surface area contributed by atoms with Gasteiger partial charge in [0, 0.05) is 16.6 Å². The summed E-state index contributed by atoms with van der Waals surface area (Å²) in [5.74, 6) is 0. The lowest BCUT2D eigenvalue weighted by molar-refractivity contribution is 0.399. The number of rotatable bonds is 4. The summed E-state index contributed by atoms with van der Waals surface area (Å²) < 4.78 is 28.5. The Kier molecular flexibility index (Phi) is 6.04. The van der Waals surface area contributed by atoms with E-state index in [1.54, 1.807) is 12.1 Å². The molecule has 0 heterocycles. The summed E-state index contributed by atoms with van der Waals surface area (Å²) in [6, 6.07) is 5.30. The van der Waals surface area contributed by atoms with Gasteiger partial charge in [0.25, 0.3) is 0 Å². The highest BCUT2D eigenvalue weighted by molar-refractivity contribution is 9.10. The molecule has 0 aliphatic heterocycles. The first-order valence-corrected chi connectivity index (χ1v) is 8.66.